The lowest BCUT2D eigenvalue weighted by Crippen LogP contribution is -1.94. The van der Waals surface area contributed by atoms with Crippen LogP contribution in [0.3, 0.4) is 0 Å². The number of hydrogen-bond acceptors (Lipinski definition) is 3. The van der Waals surface area contributed by atoms with Gasteiger partial charge in [-0.1, -0.05) is 12.1 Å². The Morgan fingerprint density at radius 2 is 2.25 bits per heavy atom. The van der Waals surface area contributed by atoms with Gasteiger partial charge in [-0.25, -0.2) is 0 Å². The minimum atomic E-state index is -0.172. The molecule has 0 radical (unpaired) electrons. The number of aromatic nitrogens is 1. The van der Waals surface area contributed by atoms with E-state index in [9.17, 15) is 4.79 Å². The van der Waals surface area contributed by atoms with Crippen molar-refractivity contribution in [2.24, 2.45) is 0 Å². The molecule has 0 aliphatic heterocycles. The van der Waals surface area contributed by atoms with Gasteiger partial charge in [-0.15, -0.1) is 11.6 Å². The summed E-state index contributed by atoms with van der Waals surface area (Å²) in [7, 11) is 0. The van der Waals surface area contributed by atoms with Gasteiger partial charge < -0.3 is 4.42 Å². The molecular weight excluding hydrogens is 246 g/mol. The molecule has 5 heteroatoms. The van der Waals surface area contributed by atoms with Crippen LogP contribution in [0.1, 0.15) is 0 Å². The standard InChI is InChI=1S/C11H8ClNO2S/c12-7-8(14)5-6-13-9-3-1-2-4-10(9)15-11(13)16/h1-6H,7H2. The van der Waals surface area contributed by atoms with Crippen LogP contribution in [-0.2, 0) is 4.79 Å². The Balaban J connectivity index is 2.52. The Labute approximate surface area is 102 Å². The molecule has 0 saturated carbocycles. The molecule has 1 aromatic heterocycles. The quantitative estimate of drug-likeness (QED) is 0.479. The van der Waals surface area contributed by atoms with Gasteiger partial charge in [0.25, 0.3) is 4.84 Å². The number of nitrogens with zero attached hydrogens (tertiary/aromatic N) is 1. The van der Waals surface area contributed by atoms with Crippen molar-refractivity contribution in [2.45, 2.75) is 0 Å². The SMILES string of the molecule is O=C(C=Cn1c(=S)oc2ccccc21)CCl. The summed E-state index contributed by atoms with van der Waals surface area (Å²) in [6.07, 6.45) is 2.95. The van der Waals surface area contributed by atoms with E-state index < -0.39 is 0 Å². The number of carbonyl (C=O) groups is 1. The minimum absolute atomic E-state index is 0.0421. The highest BCUT2D eigenvalue weighted by Crippen LogP contribution is 2.17. The second-order valence-corrected chi connectivity index (χ2v) is 3.74. The fraction of sp³-hybridized carbons (Fsp3) is 0.0909. The number of oxazole rings is 1. The third kappa shape index (κ3) is 2.08. The Bertz CT molecular complexity index is 612. The second-order valence-electron chi connectivity index (χ2n) is 3.12. The average Bonchev–Trinajstić information content (AvgIpc) is 2.62. The normalized spacial score (nSPS) is 11.3. The van der Waals surface area contributed by atoms with Crippen molar-refractivity contribution in [3.8, 4) is 0 Å². The highest BCUT2D eigenvalue weighted by atomic mass is 35.5. The summed E-state index contributed by atoms with van der Waals surface area (Å²) in [6, 6.07) is 7.42. The molecule has 1 aromatic carbocycles. The number of carbonyl (C=O) groups excluding carboxylic acids is 1. The summed E-state index contributed by atoms with van der Waals surface area (Å²) < 4.78 is 6.98. The lowest BCUT2D eigenvalue weighted by Gasteiger charge is -1.93. The van der Waals surface area contributed by atoms with E-state index in [4.69, 9.17) is 28.2 Å². The molecule has 0 amide bonds. The van der Waals surface area contributed by atoms with Gasteiger partial charge >= 0.3 is 0 Å². The van der Waals surface area contributed by atoms with Crippen molar-refractivity contribution in [1.29, 1.82) is 0 Å². The van der Waals surface area contributed by atoms with Gasteiger partial charge in [0.2, 0.25) is 0 Å². The van der Waals surface area contributed by atoms with Gasteiger partial charge in [0.15, 0.2) is 11.4 Å². The van der Waals surface area contributed by atoms with E-state index in [1.165, 1.54) is 6.08 Å². The molecule has 16 heavy (non-hydrogen) atoms. The van der Waals surface area contributed by atoms with Crippen LogP contribution in [0, 0.1) is 4.84 Å². The first-order valence-corrected chi connectivity index (χ1v) is 5.53. The van der Waals surface area contributed by atoms with Crippen LogP contribution in [-0.4, -0.2) is 16.2 Å². The van der Waals surface area contributed by atoms with E-state index in [-0.39, 0.29) is 11.7 Å². The molecule has 1 heterocycles. The van der Waals surface area contributed by atoms with Gasteiger partial charge in [0, 0.05) is 6.20 Å². The Morgan fingerprint density at radius 1 is 1.50 bits per heavy atom. The molecule has 3 nitrogen and oxygen atoms in total. The number of alkyl halides is 1. The number of hydrogen-bond donors (Lipinski definition) is 0. The zero-order chi connectivity index (χ0) is 11.5. The number of ketones is 1. The topological polar surface area (TPSA) is 35.1 Å². The van der Waals surface area contributed by atoms with Gasteiger partial charge in [-0.2, -0.15) is 0 Å². The highest BCUT2D eigenvalue weighted by molar-refractivity contribution is 7.71. The Morgan fingerprint density at radius 3 is 3.00 bits per heavy atom. The number of halogens is 1. The molecule has 0 spiro atoms. The lowest BCUT2D eigenvalue weighted by molar-refractivity contribution is -0.112. The van der Waals surface area contributed by atoms with Gasteiger partial charge in [-0.05, 0) is 30.4 Å². The molecular formula is C11H8ClNO2S. The van der Waals surface area contributed by atoms with Crippen LogP contribution in [0.5, 0.6) is 0 Å². The second kappa shape index (κ2) is 4.63. The first kappa shape index (κ1) is 11.1. The van der Waals surface area contributed by atoms with Crippen molar-refractivity contribution >= 4 is 46.9 Å². The van der Waals surface area contributed by atoms with Crippen LogP contribution in [0.2, 0.25) is 0 Å². The number of allylic oxidation sites excluding steroid dienone is 1. The summed E-state index contributed by atoms with van der Waals surface area (Å²) in [5.74, 6) is -0.214. The molecule has 82 valence electrons. The molecule has 0 N–H and O–H groups in total. The van der Waals surface area contributed by atoms with Crippen molar-refractivity contribution in [3.05, 3.63) is 35.2 Å². The summed E-state index contributed by atoms with van der Waals surface area (Å²) in [5.41, 5.74) is 1.52. The fourth-order valence-electron chi connectivity index (χ4n) is 1.33. The molecule has 2 rings (SSSR count). The summed E-state index contributed by atoms with van der Waals surface area (Å²) in [4.78, 5) is 11.4. The van der Waals surface area contributed by atoms with E-state index in [1.54, 1.807) is 10.8 Å². The maximum Gasteiger partial charge on any atom is 0.273 e. The van der Waals surface area contributed by atoms with E-state index >= 15 is 0 Å². The lowest BCUT2D eigenvalue weighted by atomic mass is 10.3. The average molecular weight is 254 g/mol. The summed E-state index contributed by atoms with van der Waals surface area (Å²) in [5, 5.41) is 0. The number of benzene rings is 1. The van der Waals surface area contributed by atoms with Gasteiger partial charge in [0.1, 0.15) is 0 Å². The third-order valence-corrected chi connectivity index (χ3v) is 2.60. The van der Waals surface area contributed by atoms with E-state index in [1.807, 2.05) is 24.3 Å². The van der Waals surface area contributed by atoms with E-state index in [0.717, 1.165) is 5.52 Å². The first-order chi connectivity index (χ1) is 7.72. The molecule has 0 aliphatic carbocycles. The third-order valence-electron chi connectivity index (χ3n) is 2.06. The van der Waals surface area contributed by atoms with E-state index in [2.05, 4.69) is 0 Å². The van der Waals surface area contributed by atoms with Crippen LogP contribution in [0.25, 0.3) is 17.3 Å². The van der Waals surface area contributed by atoms with Crippen molar-refractivity contribution in [2.75, 3.05) is 5.88 Å². The molecule has 0 unspecified atom stereocenters. The largest absolute Gasteiger partial charge is 0.429 e. The number of para-hydroxylation sites is 2. The number of rotatable bonds is 3. The molecule has 0 aliphatic rings. The van der Waals surface area contributed by atoms with Crippen molar-refractivity contribution < 1.29 is 9.21 Å². The first-order valence-electron chi connectivity index (χ1n) is 4.59. The van der Waals surface area contributed by atoms with Crippen molar-refractivity contribution in [3.63, 3.8) is 0 Å². The summed E-state index contributed by atoms with van der Waals surface area (Å²) in [6.45, 7) is 0. The zero-order valence-corrected chi connectivity index (χ0v) is 9.79. The zero-order valence-electron chi connectivity index (χ0n) is 8.22. The van der Waals surface area contributed by atoms with Crippen LogP contribution in [0.15, 0.2) is 34.8 Å². The molecule has 0 bridgehead atoms. The Kier molecular flexibility index (Phi) is 3.22. The monoisotopic (exact) mass is 253 g/mol. The maximum atomic E-state index is 11.1. The Hall–Kier alpha value is -1.39. The van der Waals surface area contributed by atoms with Gasteiger partial charge in [-0.3, -0.25) is 9.36 Å². The van der Waals surface area contributed by atoms with Crippen molar-refractivity contribution in [1.82, 2.24) is 4.57 Å². The fourth-order valence-corrected chi connectivity index (χ4v) is 1.67. The predicted molar refractivity (Wildman–Crippen MR) is 66.1 cm³/mol. The molecule has 0 saturated heterocycles. The maximum absolute atomic E-state index is 11.1. The summed E-state index contributed by atoms with van der Waals surface area (Å²) >= 11 is 10.4. The molecule has 2 aromatic rings. The molecule has 0 fully saturated rings. The highest BCUT2D eigenvalue weighted by Gasteiger charge is 2.03. The van der Waals surface area contributed by atoms with Crippen LogP contribution in [0.4, 0.5) is 0 Å². The van der Waals surface area contributed by atoms with Crippen LogP contribution >= 0.6 is 23.8 Å². The number of fused-ring (bicyclic) bond motifs is 1. The minimum Gasteiger partial charge on any atom is -0.429 e. The smallest absolute Gasteiger partial charge is 0.273 e. The predicted octanol–water partition coefficient (Wildman–Crippen LogP) is 3.24. The molecule has 0 atom stereocenters. The van der Waals surface area contributed by atoms with Gasteiger partial charge in [0.05, 0.1) is 11.4 Å². The van der Waals surface area contributed by atoms with E-state index in [0.29, 0.717) is 10.4 Å². The van der Waals surface area contributed by atoms with Crippen LogP contribution < -0.4 is 0 Å².